The number of urea groups is 1. The maximum absolute atomic E-state index is 12.0. The summed E-state index contributed by atoms with van der Waals surface area (Å²) in [5.41, 5.74) is 1.02. The van der Waals surface area contributed by atoms with Gasteiger partial charge in [0.05, 0.1) is 0 Å². The Bertz CT molecular complexity index is 617. The van der Waals surface area contributed by atoms with Crippen molar-refractivity contribution in [2.45, 2.75) is 19.0 Å². The van der Waals surface area contributed by atoms with Crippen LogP contribution in [0.4, 0.5) is 9.93 Å². The lowest BCUT2D eigenvalue weighted by Gasteiger charge is -2.16. The van der Waals surface area contributed by atoms with Crippen molar-refractivity contribution >= 4 is 34.1 Å². The molecule has 1 fully saturated rings. The highest BCUT2D eigenvalue weighted by Gasteiger charge is 2.25. The van der Waals surface area contributed by atoms with E-state index in [4.69, 9.17) is 11.6 Å². The van der Waals surface area contributed by atoms with E-state index < -0.39 is 0 Å². The molecule has 2 N–H and O–H groups in total. The van der Waals surface area contributed by atoms with Crippen molar-refractivity contribution in [3.05, 3.63) is 46.4 Å². The first kappa shape index (κ1) is 15.1. The van der Waals surface area contributed by atoms with E-state index >= 15 is 0 Å². The molecule has 2 heterocycles. The Labute approximate surface area is 138 Å². The monoisotopic (exact) mass is 336 g/mol. The molecular weight excluding hydrogens is 320 g/mol. The molecule has 0 aliphatic carbocycles. The van der Waals surface area contributed by atoms with Gasteiger partial charge in [-0.1, -0.05) is 23.7 Å². The van der Waals surface area contributed by atoms with Crippen molar-refractivity contribution < 1.29 is 4.79 Å². The standard InChI is InChI=1S/C15H17ClN4OS/c16-12-3-1-11(2-4-12)9-18-14(21)19-13-5-7-20(10-13)15-17-6-8-22-15/h1-4,6,8,13H,5,7,9-10H2,(H2,18,19,21). The van der Waals surface area contributed by atoms with Gasteiger partial charge >= 0.3 is 6.03 Å². The van der Waals surface area contributed by atoms with Crippen LogP contribution in [0.3, 0.4) is 0 Å². The van der Waals surface area contributed by atoms with E-state index in [1.54, 1.807) is 17.5 Å². The molecule has 2 amide bonds. The zero-order valence-electron chi connectivity index (χ0n) is 12.0. The number of thiazole rings is 1. The second-order valence-electron chi connectivity index (χ2n) is 5.20. The third kappa shape index (κ3) is 3.90. The van der Waals surface area contributed by atoms with Gasteiger partial charge in [0.25, 0.3) is 0 Å². The van der Waals surface area contributed by atoms with Gasteiger partial charge in [-0.2, -0.15) is 0 Å². The quantitative estimate of drug-likeness (QED) is 0.902. The lowest BCUT2D eigenvalue weighted by molar-refractivity contribution is 0.237. The van der Waals surface area contributed by atoms with Gasteiger partial charge in [-0.3, -0.25) is 0 Å². The van der Waals surface area contributed by atoms with Gasteiger partial charge in [-0.25, -0.2) is 9.78 Å². The number of hydrogen-bond donors (Lipinski definition) is 2. The summed E-state index contributed by atoms with van der Waals surface area (Å²) < 4.78 is 0. The summed E-state index contributed by atoms with van der Waals surface area (Å²) in [6.45, 7) is 2.23. The summed E-state index contributed by atoms with van der Waals surface area (Å²) in [5.74, 6) is 0. The molecule has 1 atom stereocenters. The molecule has 1 unspecified atom stereocenters. The molecule has 1 saturated heterocycles. The van der Waals surface area contributed by atoms with Crippen molar-refractivity contribution in [2.75, 3.05) is 18.0 Å². The van der Waals surface area contributed by atoms with Crippen LogP contribution in [0.2, 0.25) is 5.02 Å². The highest BCUT2D eigenvalue weighted by Crippen LogP contribution is 2.22. The Hall–Kier alpha value is -1.79. The smallest absolute Gasteiger partial charge is 0.315 e. The number of halogens is 1. The third-order valence-corrected chi connectivity index (χ3v) is 4.66. The number of aromatic nitrogens is 1. The average Bonchev–Trinajstić information content (AvgIpc) is 3.17. The number of anilines is 1. The summed E-state index contributed by atoms with van der Waals surface area (Å²) in [6, 6.07) is 7.47. The van der Waals surface area contributed by atoms with Crippen LogP contribution in [-0.2, 0) is 6.54 Å². The van der Waals surface area contributed by atoms with E-state index in [1.807, 2.05) is 29.6 Å². The summed E-state index contributed by atoms with van der Waals surface area (Å²) >= 11 is 7.46. The Kier molecular flexibility index (Phi) is 4.80. The molecule has 22 heavy (non-hydrogen) atoms. The van der Waals surface area contributed by atoms with Crippen LogP contribution >= 0.6 is 22.9 Å². The van der Waals surface area contributed by atoms with Crippen molar-refractivity contribution in [3.8, 4) is 0 Å². The van der Waals surface area contributed by atoms with E-state index in [0.717, 1.165) is 30.2 Å². The van der Waals surface area contributed by atoms with Gasteiger partial charge in [-0.05, 0) is 24.1 Å². The van der Waals surface area contributed by atoms with Crippen molar-refractivity contribution in [1.82, 2.24) is 15.6 Å². The molecule has 3 rings (SSSR count). The van der Waals surface area contributed by atoms with Crippen LogP contribution in [0.5, 0.6) is 0 Å². The predicted molar refractivity (Wildman–Crippen MR) is 89.6 cm³/mol. The zero-order valence-corrected chi connectivity index (χ0v) is 13.5. The number of hydrogen-bond acceptors (Lipinski definition) is 4. The first-order valence-electron chi connectivity index (χ1n) is 7.14. The molecule has 1 aromatic carbocycles. The van der Waals surface area contributed by atoms with Crippen LogP contribution in [0.1, 0.15) is 12.0 Å². The lowest BCUT2D eigenvalue weighted by Crippen LogP contribution is -2.43. The summed E-state index contributed by atoms with van der Waals surface area (Å²) in [7, 11) is 0. The van der Waals surface area contributed by atoms with E-state index in [1.165, 1.54) is 0 Å². The first-order chi connectivity index (χ1) is 10.7. The molecule has 7 heteroatoms. The minimum absolute atomic E-state index is 0.138. The van der Waals surface area contributed by atoms with E-state index in [0.29, 0.717) is 11.6 Å². The highest BCUT2D eigenvalue weighted by atomic mass is 35.5. The average molecular weight is 337 g/mol. The topological polar surface area (TPSA) is 57.3 Å². The van der Waals surface area contributed by atoms with Gasteiger partial charge < -0.3 is 15.5 Å². The minimum atomic E-state index is -0.138. The molecule has 0 spiro atoms. The van der Waals surface area contributed by atoms with Crippen LogP contribution in [0.25, 0.3) is 0 Å². The number of rotatable bonds is 4. The van der Waals surface area contributed by atoms with E-state index in [9.17, 15) is 4.79 Å². The largest absolute Gasteiger partial charge is 0.346 e. The van der Waals surface area contributed by atoms with Crippen molar-refractivity contribution in [2.24, 2.45) is 0 Å². The van der Waals surface area contributed by atoms with Crippen LogP contribution in [0, 0.1) is 0 Å². The van der Waals surface area contributed by atoms with Crippen LogP contribution in [0.15, 0.2) is 35.8 Å². The number of carbonyl (C=O) groups is 1. The number of benzene rings is 1. The number of nitrogens with one attached hydrogen (secondary N) is 2. The lowest BCUT2D eigenvalue weighted by atomic mass is 10.2. The molecule has 1 aromatic heterocycles. The molecule has 0 saturated carbocycles. The molecular formula is C15H17ClN4OS. The van der Waals surface area contributed by atoms with Crippen molar-refractivity contribution in [3.63, 3.8) is 0 Å². The summed E-state index contributed by atoms with van der Waals surface area (Å²) in [5, 5.41) is 9.56. The zero-order chi connectivity index (χ0) is 15.4. The van der Waals surface area contributed by atoms with E-state index in [-0.39, 0.29) is 12.1 Å². The predicted octanol–water partition coefficient (Wildman–Crippen LogP) is 2.87. The fourth-order valence-corrected chi connectivity index (χ4v) is 3.25. The van der Waals surface area contributed by atoms with Crippen LogP contribution in [-0.4, -0.2) is 30.1 Å². The minimum Gasteiger partial charge on any atom is -0.346 e. The molecule has 0 bridgehead atoms. The number of carbonyl (C=O) groups excluding carboxylic acids is 1. The van der Waals surface area contributed by atoms with Crippen LogP contribution < -0.4 is 15.5 Å². The molecule has 0 radical (unpaired) electrons. The van der Waals surface area contributed by atoms with Gasteiger partial charge in [0, 0.05) is 42.3 Å². The molecule has 1 aliphatic heterocycles. The molecule has 5 nitrogen and oxygen atoms in total. The Morgan fingerprint density at radius 2 is 2.23 bits per heavy atom. The number of amides is 2. The first-order valence-corrected chi connectivity index (χ1v) is 8.40. The second-order valence-corrected chi connectivity index (χ2v) is 6.51. The SMILES string of the molecule is O=C(NCc1ccc(Cl)cc1)NC1CCN(c2nccs2)C1. The molecule has 2 aromatic rings. The second kappa shape index (κ2) is 6.98. The van der Waals surface area contributed by atoms with Gasteiger partial charge in [0.2, 0.25) is 0 Å². The maximum Gasteiger partial charge on any atom is 0.315 e. The number of nitrogens with zero attached hydrogens (tertiary/aromatic N) is 2. The maximum atomic E-state index is 12.0. The fourth-order valence-electron chi connectivity index (χ4n) is 2.44. The Morgan fingerprint density at radius 3 is 2.95 bits per heavy atom. The molecule has 1 aliphatic rings. The normalized spacial score (nSPS) is 17.5. The Balaban J connectivity index is 1.43. The van der Waals surface area contributed by atoms with Gasteiger partial charge in [0.1, 0.15) is 0 Å². The van der Waals surface area contributed by atoms with Gasteiger partial charge in [-0.15, -0.1) is 11.3 Å². The molecule has 116 valence electrons. The summed E-state index contributed by atoms with van der Waals surface area (Å²) in [4.78, 5) is 18.5. The fraction of sp³-hybridized carbons (Fsp3) is 0.333. The third-order valence-electron chi connectivity index (χ3n) is 3.58. The van der Waals surface area contributed by atoms with E-state index in [2.05, 4.69) is 20.5 Å². The Morgan fingerprint density at radius 1 is 1.41 bits per heavy atom. The van der Waals surface area contributed by atoms with Gasteiger partial charge in [0.15, 0.2) is 5.13 Å². The highest BCUT2D eigenvalue weighted by molar-refractivity contribution is 7.13. The summed E-state index contributed by atoms with van der Waals surface area (Å²) in [6.07, 6.45) is 2.74. The van der Waals surface area contributed by atoms with Crippen molar-refractivity contribution in [1.29, 1.82) is 0 Å².